The summed E-state index contributed by atoms with van der Waals surface area (Å²) in [5.74, 6) is 0. The van der Waals surface area contributed by atoms with Crippen molar-refractivity contribution in [3.05, 3.63) is 91.0 Å². The van der Waals surface area contributed by atoms with Crippen LogP contribution < -0.4 is 15.9 Å². The first kappa shape index (κ1) is 15.9. The largest absolute Gasteiger partial charge is 0.251 e. The van der Waals surface area contributed by atoms with E-state index in [1.165, 1.54) is 15.9 Å². The quantitative estimate of drug-likeness (QED) is 0.592. The zero-order chi connectivity index (χ0) is 16.0. The maximum absolute atomic E-state index is 13.1. The fourth-order valence-electron chi connectivity index (χ4n) is 3.18. The molecule has 0 heterocycles. The zero-order valence-corrected chi connectivity index (χ0v) is 14.0. The van der Waals surface area contributed by atoms with Crippen LogP contribution in [0.15, 0.2) is 91.0 Å². The topological polar surface area (TPSA) is 0 Å². The minimum absolute atomic E-state index is 0.270. The molecule has 116 valence electrons. The van der Waals surface area contributed by atoms with Crippen LogP contribution in [-0.4, -0.2) is 12.8 Å². The summed E-state index contributed by atoms with van der Waals surface area (Å²) < 4.78 is 13.1. The summed E-state index contributed by atoms with van der Waals surface area (Å²) in [5, 5.41) is 3.97. The third kappa shape index (κ3) is 3.21. The molecule has 23 heavy (non-hydrogen) atoms. The van der Waals surface area contributed by atoms with E-state index in [1.807, 2.05) is 18.2 Å². The second kappa shape index (κ2) is 7.53. The van der Waals surface area contributed by atoms with Crippen molar-refractivity contribution in [3.8, 4) is 0 Å². The van der Waals surface area contributed by atoms with Gasteiger partial charge < -0.3 is 0 Å². The van der Waals surface area contributed by atoms with Gasteiger partial charge in [0.2, 0.25) is 0 Å². The van der Waals surface area contributed by atoms with Gasteiger partial charge in [0.1, 0.15) is 23.2 Å². The van der Waals surface area contributed by atoms with Gasteiger partial charge in [0.25, 0.3) is 0 Å². The SMILES string of the molecule is [18F]CCC[P+](c1ccccc1)(c1ccccc1)c1ccccc1. The summed E-state index contributed by atoms with van der Waals surface area (Å²) in [6.07, 6.45) is 1.45. The second-order valence-electron chi connectivity index (χ2n) is 5.58. The summed E-state index contributed by atoms with van der Waals surface area (Å²) in [5.41, 5.74) is 0. The van der Waals surface area contributed by atoms with Crippen LogP contribution in [0.4, 0.5) is 4.39 Å². The maximum Gasteiger partial charge on any atom is 0.112 e. The Kier molecular flexibility index (Phi) is 5.20. The predicted octanol–water partition coefficient (Wildman–Crippen LogP) is 4.34. The van der Waals surface area contributed by atoms with Gasteiger partial charge in [0, 0.05) is 6.42 Å². The molecule has 0 aliphatic heterocycles. The molecular weight excluding hydrogens is 301 g/mol. The Bertz CT molecular complexity index is 614. The van der Waals surface area contributed by atoms with E-state index in [1.54, 1.807) is 0 Å². The zero-order valence-electron chi connectivity index (χ0n) is 13.1. The van der Waals surface area contributed by atoms with Crippen LogP contribution in [0.5, 0.6) is 0 Å². The number of alkyl halides is 1. The molecule has 0 atom stereocenters. The van der Waals surface area contributed by atoms with Crippen molar-refractivity contribution in [2.45, 2.75) is 6.42 Å². The third-order valence-corrected chi connectivity index (χ3v) is 8.74. The number of benzene rings is 3. The van der Waals surface area contributed by atoms with Crippen molar-refractivity contribution >= 4 is 23.2 Å². The van der Waals surface area contributed by atoms with E-state index in [0.717, 1.165) is 6.16 Å². The molecule has 0 spiro atoms. The Morgan fingerprint density at radius 1 is 0.565 bits per heavy atom. The van der Waals surface area contributed by atoms with Crippen LogP contribution in [0, 0.1) is 0 Å². The van der Waals surface area contributed by atoms with Crippen molar-refractivity contribution in [2.75, 3.05) is 12.8 Å². The fourth-order valence-corrected chi connectivity index (χ4v) is 7.49. The molecule has 0 bridgehead atoms. The van der Waals surface area contributed by atoms with E-state index in [4.69, 9.17) is 0 Å². The molecule has 0 saturated heterocycles. The second-order valence-corrected chi connectivity index (χ2v) is 9.20. The average Bonchev–Trinajstić information content (AvgIpc) is 2.65. The summed E-state index contributed by atoms with van der Waals surface area (Å²) in [6, 6.07) is 31.9. The minimum Gasteiger partial charge on any atom is -0.251 e. The van der Waals surface area contributed by atoms with Crippen molar-refractivity contribution in [2.24, 2.45) is 0 Å². The van der Waals surface area contributed by atoms with Gasteiger partial charge in [-0.05, 0) is 36.4 Å². The van der Waals surface area contributed by atoms with Crippen LogP contribution in [0.25, 0.3) is 0 Å². The fraction of sp³-hybridized carbons (Fsp3) is 0.143. The van der Waals surface area contributed by atoms with E-state index in [9.17, 15) is 4.39 Å². The molecule has 2 heteroatoms. The molecule has 0 fully saturated rings. The number of hydrogen-bond donors (Lipinski definition) is 0. The lowest BCUT2D eigenvalue weighted by Gasteiger charge is -2.27. The van der Waals surface area contributed by atoms with E-state index < -0.39 is 7.26 Å². The van der Waals surface area contributed by atoms with Gasteiger partial charge in [-0.25, -0.2) is 0 Å². The van der Waals surface area contributed by atoms with Gasteiger partial charge in [-0.3, -0.25) is 4.39 Å². The number of halogens is 1. The summed E-state index contributed by atoms with van der Waals surface area (Å²) in [7, 11) is -1.81. The molecular formula is C21H21FP+. The normalized spacial score (nSPS) is 11.3. The lowest BCUT2D eigenvalue weighted by Crippen LogP contribution is -2.33. The number of hydrogen-bond acceptors (Lipinski definition) is 0. The Balaban J connectivity index is 2.25. The van der Waals surface area contributed by atoms with Crippen molar-refractivity contribution in [1.82, 2.24) is 0 Å². The highest BCUT2D eigenvalue weighted by Crippen LogP contribution is 2.55. The molecule has 0 aromatic heterocycles. The van der Waals surface area contributed by atoms with Crippen molar-refractivity contribution in [1.29, 1.82) is 0 Å². The Labute approximate surface area is 138 Å². The Hall–Kier alpha value is -1.98. The van der Waals surface area contributed by atoms with Crippen LogP contribution >= 0.6 is 7.26 Å². The van der Waals surface area contributed by atoms with E-state index in [-0.39, 0.29) is 6.67 Å². The molecule has 0 unspecified atom stereocenters. The molecule has 3 aromatic rings. The highest BCUT2D eigenvalue weighted by Gasteiger charge is 2.44. The minimum atomic E-state index is -1.81. The summed E-state index contributed by atoms with van der Waals surface area (Å²) in [6.45, 7) is -0.270. The van der Waals surface area contributed by atoms with Gasteiger partial charge in [0.05, 0.1) is 12.8 Å². The first-order valence-electron chi connectivity index (χ1n) is 7.99. The van der Waals surface area contributed by atoms with Crippen LogP contribution in [0.1, 0.15) is 6.42 Å². The van der Waals surface area contributed by atoms with E-state index in [2.05, 4.69) is 72.8 Å². The first-order valence-corrected chi connectivity index (χ1v) is 9.96. The molecule has 0 aliphatic rings. The Morgan fingerprint density at radius 2 is 0.913 bits per heavy atom. The molecule has 0 amide bonds. The van der Waals surface area contributed by atoms with E-state index >= 15 is 0 Å². The molecule has 0 aliphatic carbocycles. The first-order chi connectivity index (χ1) is 11.4. The molecule has 0 radical (unpaired) electrons. The lowest BCUT2D eigenvalue weighted by atomic mass is 10.4. The smallest absolute Gasteiger partial charge is 0.112 e. The molecule has 3 rings (SSSR count). The number of rotatable bonds is 6. The van der Waals surface area contributed by atoms with Gasteiger partial charge in [-0.1, -0.05) is 54.6 Å². The Morgan fingerprint density at radius 3 is 1.22 bits per heavy atom. The summed E-state index contributed by atoms with van der Waals surface area (Å²) >= 11 is 0. The molecule has 0 nitrogen and oxygen atoms in total. The monoisotopic (exact) mass is 322 g/mol. The van der Waals surface area contributed by atoms with Crippen molar-refractivity contribution < 1.29 is 4.39 Å². The van der Waals surface area contributed by atoms with Gasteiger partial charge in [-0.15, -0.1) is 0 Å². The van der Waals surface area contributed by atoms with Crippen LogP contribution in [-0.2, 0) is 0 Å². The van der Waals surface area contributed by atoms with Crippen LogP contribution in [0.3, 0.4) is 0 Å². The highest BCUT2D eigenvalue weighted by atomic mass is 31.2. The highest BCUT2D eigenvalue weighted by molar-refractivity contribution is 7.95. The van der Waals surface area contributed by atoms with Crippen LogP contribution in [0.2, 0.25) is 0 Å². The molecule has 0 saturated carbocycles. The maximum atomic E-state index is 13.1. The average molecular weight is 322 g/mol. The predicted molar refractivity (Wildman–Crippen MR) is 101 cm³/mol. The van der Waals surface area contributed by atoms with Gasteiger partial charge in [-0.2, -0.15) is 0 Å². The van der Waals surface area contributed by atoms with Gasteiger partial charge >= 0.3 is 0 Å². The van der Waals surface area contributed by atoms with Gasteiger partial charge in [0.15, 0.2) is 0 Å². The summed E-state index contributed by atoms with van der Waals surface area (Å²) in [4.78, 5) is 0. The molecule has 0 N–H and O–H groups in total. The standard InChI is InChI=1S/C21H21FP/c22-17-10-18-23(19-11-4-1-5-12-19,20-13-6-2-7-14-20)21-15-8-3-9-16-21/h1-9,11-16H,10,17-18H2/q+1/i22-1. The van der Waals surface area contributed by atoms with Crippen molar-refractivity contribution in [3.63, 3.8) is 0 Å². The molecule has 3 aromatic carbocycles. The van der Waals surface area contributed by atoms with E-state index in [0.29, 0.717) is 6.42 Å². The third-order valence-electron chi connectivity index (χ3n) is 4.22. The lowest BCUT2D eigenvalue weighted by molar-refractivity contribution is 0.489.